The first kappa shape index (κ1) is 8.50. The highest BCUT2D eigenvalue weighted by Crippen LogP contribution is 1.97. The third kappa shape index (κ3) is 5.37. The van der Waals surface area contributed by atoms with Crippen LogP contribution >= 0.6 is 0 Å². The molecule has 0 aliphatic heterocycles. The van der Waals surface area contributed by atoms with Crippen molar-refractivity contribution in [1.82, 2.24) is 0 Å². The van der Waals surface area contributed by atoms with E-state index in [1.54, 1.807) is 0 Å². The molecule has 3 N–H and O–H groups in total. The number of hydrogen-bond acceptors (Lipinski definition) is 1. The van der Waals surface area contributed by atoms with Crippen LogP contribution in [0.4, 0.5) is 0 Å². The third-order valence-corrected chi connectivity index (χ3v) is 0.879. The molecule has 0 fully saturated rings. The number of ether oxygens (including phenoxy) is 1. The molecule has 0 saturated carbocycles. The highest BCUT2D eigenvalue weighted by atomic mass is 16.5. The third-order valence-electron chi connectivity index (χ3n) is 0.879. The van der Waals surface area contributed by atoms with Crippen molar-refractivity contribution in [3.05, 3.63) is 11.8 Å². The second-order valence-electron chi connectivity index (χ2n) is 2.15. The van der Waals surface area contributed by atoms with Gasteiger partial charge in [-0.1, -0.05) is 6.92 Å². The number of quaternary nitrogens is 1. The summed E-state index contributed by atoms with van der Waals surface area (Å²) in [6.45, 7) is 5.96. The summed E-state index contributed by atoms with van der Waals surface area (Å²) in [6.07, 6.45) is 3.13. The molecule has 0 aromatic carbocycles. The van der Waals surface area contributed by atoms with Crippen LogP contribution in [-0.2, 0) is 4.74 Å². The van der Waals surface area contributed by atoms with Crippen LogP contribution in [0.25, 0.3) is 0 Å². The lowest BCUT2D eigenvalue weighted by atomic mass is 10.4. The standard InChI is InChI=1S/C7H15NO/c1-4-5-6(2)9-7(3)8/h5,7H,4,8H2,1-3H3/p+1. The van der Waals surface area contributed by atoms with Gasteiger partial charge in [-0.15, -0.1) is 0 Å². The zero-order valence-electron chi connectivity index (χ0n) is 6.48. The molecule has 0 heterocycles. The van der Waals surface area contributed by atoms with Gasteiger partial charge in [-0.2, -0.15) is 0 Å². The Bertz CT molecular complexity index is 97.1. The van der Waals surface area contributed by atoms with Crippen molar-refractivity contribution in [2.45, 2.75) is 33.4 Å². The highest BCUT2D eigenvalue weighted by molar-refractivity contribution is 4.86. The average molecular weight is 130 g/mol. The summed E-state index contributed by atoms with van der Waals surface area (Å²) >= 11 is 0. The maximum Gasteiger partial charge on any atom is 0.225 e. The fourth-order valence-electron chi connectivity index (χ4n) is 0.653. The summed E-state index contributed by atoms with van der Waals surface area (Å²) in [5.41, 5.74) is 3.70. The molecule has 1 atom stereocenters. The second-order valence-corrected chi connectivity index (χ2v) is 2.15. The molecule has 9 heavy (non-hydrogen) atoms. The summed E-state index contributed by atoms with van der Waals surface area (Å²) in [6, 6.07) is 0. The fourth-order valence-corrected chi connectivity index (χ4v) is 0.653. The van der Waals surface area contributed by atoms with Gasteiger partial charge in [0.05, 0.1) is 5.76 Å². The van der Waals surface area contributed by atoms with E-state index in [1.807, 2.05) is 19.9 Å². The molecule has 0 aromatic heterocycles. The molecule has 0 spiro atoms. The van der Waals surface area contributed by atoms with Crippen molar-refractivity contribution >= 4 is 0 Å². The van der Waals surface area contributed by atoms with Crippen molar-refractivity contribution in [2.24, 2.45) is 0 Å². The topological polar surface area (TPSA) is 36.9 Å². The van der Waals surface area contributed by atoms with Crippen molar-refractivity contribution in [1.29, 1.82) is 0 Å². The monoisotopic (exact) mass is 130 g/mol. The van der Waals surface area contributed by atoms with E-state index >= 15 is 0 Å². The van der Waals surface area contributed by atoms with Gasteiger partial charge in [0.1, 0.15) is 0 Å². The summed E-state index contributed by atoms with van der Waals surface area (Å²) < 4.78 is 5.24. The van der Waals surface area contributed by atoms with Crippen LogP contribution in [0.3, 0.4) is 0 Å². The van der Waals surface area contributed by atoms with Gasteiger partial charge in [-0.05, 0) is 19.4 Å². The zero-order chi connectivity index (χ0) is 7.28. The summed E-state index contributed by atoms with van der Waals surface area (Å²) in [5, 5.41) is 0. The Kier molecular flexibility index (Phi) is 4.14. The van der Waals surface area contributed by atoms with Gasteiger partial charge in [0, 0.05) is 6.92 Å². The van der Waals surface area contributed by atoms with E-state index < -0.39 is 0 Å². The fraction of sp³-hybridized carbons (Fsp3) is 0.714. The minimum absolute atomic E-state index is 0.0628. The van der Waals surface area contributed by atoms with E-state index in [0.717, 1.165) is 12.2 Å². The van der Waals surface area contributed by atoms with Crippen LogP contribution in [-0.4, -0.2) is 6.23 Å². The molecule has 54 valence electrons. The van der Waals surface area contributed by atoms with E-state index in [1.165, 1.54) is 0 Å². The Hall–Kier alpha value is -0.500. The molecule has 0 saturated heterocycles. The maximum absolute atomic E-state index is 5.24. The van der Waals surface area contributed by atoms with E-state index in [9.17, 15) is 0 Å². The number of hydrogen-bond donors (Lipinski definition) is 1. The van der Waals surface area contributed by atoms with E-state index in [2.05, 4.69) is 12.7 Å². The predicted molar refractivity (Wildman–Crippen MR) is 37.5 cm³/mol. The van der Waals surface area contributed by atoms with Gasteiger partial charge in [-0.25, -0.2) is 0 Å². The molecule has 0 amide bonds. The van der Waals surface area contributed by atoms with Gasteiger partial charge < -0.3 is 10.5 Å². The van der Waals surface area contributed by atoms with E-state index in [-0.39, 0.29) is 6.23 Å². The first-order valence-corrected chi connectivity index (χ1v) is 3.33. The van der Waals surface area contributed by atoms with Gasteiger partial charge in [-0.3, -0.25) is 0 Å². The lowest BCUT2D eigenvalue weighted by Gasteiger charge is -2.05. The average Bonchev–Trinajstić information content (AvgIpc) is 1.63. The first-order chi connectivity index (χ1) is 4.16. The summed E-state index contributed by atoms with van der Waals surface area (Å²) in [7, 11) is 0. The molecule has 2 nitrogen and oxygen atoms in total. The molecule has 0 aromatic rings. The summed E-state index contributed by atoms with van der Waals surface area (Å²) in [5.74, 6) is 0.972. The molecular weight excluding hydrogens is 114 g/mol. The second kappa shape index (κ2) is 4.39. The Balaban J connectivity index is 3.49. The van der Waals surface area contributed by atoms with Crippen LogP contribution in [0.15, 0.2) is 11.8 Å². The Morgan fingerprint density at radius 2 is 2.33 bits per heavy atom. The van der Waals surface area contributed by atoms with Crippen LogP contribution < -0.4 is 5.73 Å². The van der Waals surface area contributed by atoms with Crippen molar-refractivity contribution in [3.63, 3.8) is 0 Å². The SMILES string of the molecule is CCC=C(C)OC(C)[NH3+]. The summed E-state index contributed by atoms with van der Waals surface area (Å²) in [4.78, 5) is 0. The molecule has 1 unspecified atom stereocenters. The lowest BCUT2D eigenvalue weighted by molar-refractivity contribution is -0.477. The quantitative estimate of drug-likeness (QED) is 0.447. The maximum atomic E-state index is 5.24. The number of allylic oxidation sites excluding steroid dienone is 2. The van der Waals surface area contributed by atoms with Crippen molar-refractivity contribution in [3.8, 4) is 0 Å². The Labute approximate surface area is 56.7 Å². The number of rotatable bonds is 3. The van der Waals surface area contributed by atoms with Crippen LogP contribution in [0.1, 0.15) is 27.2 Å². The Morgan fingerprint density at radius 1 is 1.78 bits per heavy atom. The van der Waals surface area contributed by atoms with Crippen molar-refractivity contribution in [2.75, 3.05) is 0 Å². The van der Waals surface area contributed by atoms with Gasteiger partial charge >= 0.3 is 0 Å². The van der Waals surface area contributed by atoms with Crippen LogP contribution in [0.5, 0.6) is 0 Å². The largest absolute Gasteiger partial charge is 0.448 e. The predicted octanol–water partition coefficient (Wildman–Crippen LogP) is 0.905. The van der Waals surface area contributed by atoms with Gasteiger partial charge in [0.2, 0.25) is 6.23 Å². The molecule has 0 aliphatic rings. The first-order valence-electron chi connectivity index (χ1n) is 3.33. The zero-order valence-corrected chi connectivity index (χ0v) is 6.48. The lowest BCUT2D eigenvalue weighted by Crippen LogP contribution is -2.60. The van der Waals surface area contributed by atoms with E-state index in [0.29, 0.717) is 0 Å². The van der Waals surface area contributed by atoms with Crippen LogP contribution in [0.2, 0.25) is 0 Å². The van der Waals surface area contributed by atoms with E-state index in [4.69, 9.17) is 4.74 Å². The Morgan fingerprint density at radius 3 is 2.67 bits per heavy atom. The molecule has 2 heteroatoms. The minimum Gasteiger partial charge on any atom is -0.448 e. The van der Waals surface area contributed by atoms with Gasteiger partial charge in [0.15, 0.2) is 0 Å². The van der Waals surface area contributed by atoms with Gasteiger partial charge in [0.25, 0.3) is 0 Å². The van der Waals surface area contributed by atoms with Crippen LogP contribution in [0, 0.1) is 0 Å². The molecule has 0 bridgehead atoms. The molecular formula is C7H16NO+. The molecule has 0 radical (unpaired) electrons. The molecule has 0 aliphatic carbocycles. The smallest absolute Gasteiger partial charge is 0.225 e. The normalized spacial score (nSPS) is 15.3. The highest BCUT2D eigenvalue weighted by Gasteiger charge is 1.94. The van der Waals surface area contributed by atoms with Crippen molar-refractivity contribution < 1.29 is 10.5 Å². The molecule has 0 rings (SSSR count). The minimum atomic E-state index is 0.0628.